The van der Waals surface area contributed by atoms with Crippen molar-refractivity contribution in [1.82, 2.24) is 10.2 Å². The van der Waals surface area contributed by atoms with Crippen molar-refractivity contribution < 1.29 is 42.9 Å². The largest absolute Gasteiger partial charge is 0.490 e. The molecule has 2 N–H and O–H groups in total. The van der Waals surface area contributed by atoms with Gasteiger partial charge in [0, 0.05) is 4.47 Å². The van der Waals surface area contributed by atoms with Gasteiger partial charge in [-0.25, -0.2) is 14.4 Å². The second kappa shape index (κ2) is 10.8. The standard InChI is InChI=1S/C22H20BrClN2O9/c1-4-33-15-8-11(16(23)17(24)18(15)34-10(2)20(28)29)7-13-19(27)26(22(31)25-13)9-12-5-6-14(35-12)21(30)32-3/h5-8,10H,4,9H2,1-3H3,(H,25,31)(H,28,29)/b13-7-/t10-/m0/s1. The number of hydrogen-bond donors (Lipinski definition) is 2. The predicted octanol–water partition coefficient (Wildman–Crippen LogP) is 3.83. The summed E-state index contributed by atoms with van der Waals surface area (Å²) in [6, 6.07) is 3.63. The summed E-state index contributed by atoms with van der Waals surface area (Å²) in [4.78, 5) is 49.0. The highest BCUT2D eigenvalue weighted by Gasteiger charge is 2.35. The van der Waals surface area contributed by atoms with Gasteiger partial charge in [0.05, 0.1) is 20.3 Å². The molecule has 1 aliphatic heterocycles. The van der Waals surface area contributed by atoms with Crippen molar-refractivity contribution in [2.45, 2.75) is 26.5 Å². The van der Waals surface area contributed by atoms with E-state index >= 15 is 0 Å². The van der Waals surface area contributed by atoms with Crippen molar-refractivity contribution in [1.29, 1.82) is 0 Å². The van der Waals surface area contributed by atoms with E-state index in [9.17, 15) is 19.2 Å². The van der Waals surface area contributed by atoms with Crippen LogP contribution in [-0.2, 0) is 20.9 Å². The van der Waals surface area contributed by atoms with Gasteiger partial charge in [-0.15, -0.1) is 0 Å². The summed E-state index contributed by atoms with van der Waals surface area (Å²) in [5.74, 6) is -2.22. The SMILES string of the molecule is CCOc1cc(/C=C2\NC(=O)N(Cc3ccc(C(=O)OC)o3)C2=O)c(Br)c(Cl)c1O[C@@H](C)C(=O)O. The molecule has 1 aliphatic rings. The van der Waals surface area contributed by atoms with E-state index in [0.717, 1.165) is 4.90 Å². The zero-order valence-electron chi connectivity index (χ0n) is 18.7. The Bertz CT molecular complexity index is 1220. The second-order valence-electron chi connectivity index (χ2n) is 7.09. The molecular weight excluding hydrogens is 552 g/mol. The number of esters is 1. The first kappa shape index (κ1) is 26.1. The molecule has 11 nitrogen and oxygen atoms in total. The van der Waals surface area contributed by atoms with Crippen molar-refractivity contribution >= 4 is 57.5 Å². The van der Waals surface area contributed by atoms with Crippen LogP contribution in [0.25, 0.3) is 6.08 Å². The Kier molecular flexibility index (Phi) is 8.07. The van der Waals surface area contributed by atoms with Crippen LogP contribution in [0.3, 0.4) is 0 Å². The minimum Gasteiger partial charge on any atom is -0.490 e. The van der Waals surface area contributed by atoms with Crippen LogP contribution in [0.4, 0.5) is 4.79 Å². The monoisotopic (exact) mass is 570 g/mol. The Hall–Kier alpha value is -3.51. The van der Waals surface area contributed by atoms with Crippen molar-refractivity contribution in [2.75, 3.05) is 13.7 Å². The van der Waals surface area contributed by atoms with Crippen LogP contribution in [-0.4, -0.2) is 53.7 Å². The highest BCUT2D eigenvalue weighted by molar-refractivity contribution is 9.10. The van der Waals surface area contributed by atoms with Crippen molar-refractivity contribution in [3.63, 3.8) is 0 Å². The third kappa shape index (κ3) is 5.60. The number of methoxy groups -OCH3 is 1. The number of carboxylic acid groups (broad SMARTS) is 1. The van der Waals surface area contributed by atoms with Gasteiger partial charge < -0.3 is 29.1 Å². The number of nitrogens with zero attached hydrogens (tertiary/aromatic N) is 1. The Morgan fingerprint density at radius 1 is 1.34 bits per heavy atom. The molecular formula is C22H20BrClN2O9. The molecule has 1 atom stereocenters. The van der Waals surface area contributed by atoms with E-state index in [1.165, 1.54) is 38.3 Å². The first-order chi connectivity index (χ1) is 16.6. The quantitative estimate of drug-likeness (QED) is 0.261. The summed E-state index contributed by atoms with van der Waals surface area (Å²) in [6.07, 6.45) is 0.180. The Morgan fingerprint density at radius 2 is 2.06 bits per heavy atom. The number of carboxylic acids is 1. The number of aliphatic carboxylic acids is 1. The van der Waals surface area contributed by atoms with Crippen LogP contribution in [0, 0.1) is 0 Å². The molecule has 13 heteroatoms. The van der Waals surface area contributed by atoms with E-state index in [4.69, 9.17) is 30.6 Å². The molecule has 1 saturated heterocycles. The van der Waals surface area contributed by atoms with Gasteiger partial charge in [0.25, 0.3) is 5.91 Å². The predicted molar refractivity (Wildman–Crippen MR) is 125 cm³/mol. The number of urea groups is 1. The van der Waals surface area contributed by atoms with Gasteiger partial charge in [0.1, 0.15) is 16.5 Å². The van der Waals surface area contributed by atoms with Gasteiger partial charge in [0.15, 0.2) is 17.6 Å². The summed E-state index contributed by atoms with van der Waals surface area (Å²) in [6.45, 7) is 3.07. The summed E-state index contributed by atoms with van der Waals surface area (Å²) >= 11 is 9.73. The maximum absolute atomic E-state index is 12.9. The van der Waals surface area contributed by atoms with Gasteiger partial charge in [-0.1, -0.05) is 11.6 Å². The summed E-state index contributed by atoms with van der Waals surface area (Å²) in [7, 11) is 1.20. The molecule has 0 saturated carbocycles. The van der Waals surface area contributed by atoms with E-state index in [-0.39, 0.29) is 51.4 Å². The van der Waals surface area contributed by atoms with Crippen LogP contribution in [0.15, 0.2) is 32.8 Å². The molecule has 1 fully saturated rings. The number of benzene rings is 1. The van der Waals surface area contributed by atoms with E-state index in [1.807, 2.05) is 0 Å². The Balaban J connectivity index is 1.90. The first-order valence-corrected chi connectivity index (χ1v) is 11.3. The fourth-order valence-corrected chi connectivity index (χ4v) is 3.66. The number of furan rings is 1. The van der Waals surface area contributed by atoms with Crippen LogP contribution < -0.4 is 14.8 Å². The zero-order valence-corrected chi connectivity index (χ0v) is 21.1. The number of ether oxygens (including phenoxy) is 3. The van der Waals surface area contributed by atoms with Gasteiger partial charge in [-0.3, -0.25) is 9.69 Å². The van der Waals surface area contributed by atoms with Gasteiger partial charge >= 0.3 is 18.0 Å². The molecule has 0 spiro atoms. The smallest absolute Gasteiger partial charge is 0.373 e. The fourth-order valence-electron chi connectivity index (χ4n) is 3.01. The lowest BCUT2D eigenvalue weighted by Gasteiger charge is -2.18. The van der Waals surface area contributed by atoms with Gasteiger partial charge in [0.2, 0.25) is 5.76 Å². The average Bonchev–Trinajstić information content (AvgIpc) is 3.39. The highest BCUT2D eigenvalue weighted by Crippen LogP contribution is 2.44. The molecule has 1 aromatic heterocycles. The molecule has 0 radical (unpaired) electrons. The molecule has 3 rings (SSSR count). The number of nitrogens with one attached hydrogen (secondary N) is 1. The van der Waals surface area contributed by atoms with Crippen molar-refractivity contribution in [2.24, 2.45) is 0 Å². The maximum atomic E-state index is 12.9. The van der Waals surface area contributed by atoms with E-state index in [0.29, 0.717) is 5.56 Å². The number of carbonyl (C=O) groups is 4. The van der Waals surface area contributed by atoms with Crippen molar-refractivity contribution in [3.8, 4) is 11.5 Å². The molecule has 3 amide bonds. The van der Waals surface area contributed by atoms with Crippen LogP contribution in [0.2, 0.25) is 5.02 Å². The molecule has 0 aliphatic carbocycles. The minimum absolute atomic E-state index is 0.0140. The summed E-state index contributed by atoms with van der Waals surface area (Å²) < 4.78 is 21.2. The molecule has 0 unspecified atom stereocenters. The lowest BCUT2D eigenvalue weighted by atomic mass is 10.1. The van der Waals surface area contributed by atoms with Crippen LogP contribution in [0.5, 0.6) is 11.5 Å². The Labute approximate surface area is 212 Å². The Morgan fingerprint density at radius 3 is 2.69 bits per heavy atom. The van der Waals surface area contributed by atoms with Crippen LogP contribution >= 0.6 is 27.5 Å². The van der Waals surface area contributed by atoms with Crippen molar-refractivity contribution in [3.05, 3.63) is 50.5 Å². The van der Waals surface area contributed by atoms with Crippen LogP contribution in [0.1, 0.15) is 35.7 Å². The fraction of sp³-hybridized carbons (Fsp3) is 0.273. The first-order valence-electron chi connectivity index (χ1n) is 10.1. The number of carbonyl (C=O) groups excluding carboxylic acids is 3. The number of imide groups is 1. The number of hydrogen-bond acceptors (Lipinski definition) is 8. The molecule has 2 aromatic rings. The number of rotatable bonds is 9. The third-order valence-corrected chi connectivity index (χ3v) is 6.17. The molecule has 0 bridgehead atoms. The van der Waals surface area contributed by atoms with Gasteiger partial charge in [-0.05, 0) is 59.6 Å². The molecule has 186 valence electrons. The van der Waals surface area contributed by atoms with E-state index in [2.05, 4.69) is 26.0 Å². The maximum Gasteiger partial charge on any atom is 0.373 e. The third-order valence-electron chi connectivity index (χ3n) is 4.72. The van der Waals surface area contributed by atoms with Gasteiger partial charge in [-0.2, -0.15) is 0 Å². The topological polar surface area (TPSA) is 145 Å². The van der Waals surface area contributed by atoms with E-state index < -0.39 is 30.0 Å². The number of amides is 3. The number of halogens is 2. The normalized spacial score (nSPS) is 15.2. The lowest BCUT2D eigenvalue weighted by Crippen LogP contribution is -2.30. The average molecular weight is 572 g/mol. The van der Waals surface area contributed by atoms with E-state index in [1.54, 1.807) is 6.92 Å². The second-order valence-corrected chi connectivity index (χ2v) is 8.26. The summed E-state index contributed by atoms with van der Waals surface area (Å²) in [5, 5.41) is 11.7. The highest BCUT2D eigenvalue weighted by atomic mass is 79.9. The molecule has 2 heterocycles. The summed E-state index contributed by atoms with van der Waals surface area (Å²) in [5.41, 5.74) is 0.312. The molecule has 1 aromatic carbocycles. The zero-order chi connectivity index (χ0) is 25.9. The minimum atomic E-state index is -1.20. The lowest BCUT2D eigenvalue weighted by molar-refractivity contribution is -0.144. The molecule has 35 heavy (non-hydrogen) atoms.